The Hall–Kier alpha value is -4.71. The van der Waals surface area contributed by atoms with Gasteiger partial charge in [-0.15, -0.1) is 0 Å². The van der Waals surface area contributed by atoms with Crippen molar-refractivity contribution < 1.29 is 28.6 Å². The SMILES string of the molecule is CC/C=C\C/C=C\C/C=C\C/C=C\C/C=C\C/C=C\CCC(=O)OCC(COC(=O)CCCCCCCCCCC)OC(=O)CC/C=C\C/C=C\C/C=C\C/C=C\C/C=C\C/C=C\CC. The highest BCUT2D eigenvalue weighted by Gasteiger charge is 2.19. The first-order valence-corrected chi connectivity index (χ1v) is 25.3. The monoisotopic (exact) mass is 895 g/mol. The Balaban J connectivity index is 4.60. The van der Waals surface area contributed by atoms with Gasteiger partial charge in [-0.25, -0.2) is 0 Å². The van der Waals surface area contributed by atoms with Crippen LogP contribution in [0.15, 0.2) is 146 Å². The van der Waals surface area contributed by atoms with E-state index in [1.165, 1.54) is 38.5 Å². The first kappa shape index (κ1) is 60.3. The molecule has 6 nitrogen and oxygen atoms in total. The number of carbonyl (C=O) groups excluding carboxylic acids is 3. The van der Waals surface area contributed by atoms with Gasteiger partial charge in [-0.3, -0.25) is 14.4 Å². The highest BCUT2D eigenvalue weighted by Crippen LogP contribution is 2.12. The third-order valence-corrected chi connectivity index (χ3v) is 9.87. The number of hydrogen-bond donors (Lipinski definition) is 0. The Morgan fingerprint density at radius 1 is 0.323 bits per heavy atom. The topological polar surface area (TPSA) is 78.9 Å². The molecule has 1 atom stereocenters. The van der Waals surface area contributed by atoms with E-state index in [0.717, 1.165) is 96.3 Å². The van der Waals surface area contributed by atoms with Crippen LogP contribution in [0.4, 0.5) is 0 Å². The largest absolute Gasteiger partial charge is 0.462 e. The van der Waals surface area contributed by atoms with Crippen molar-refractivity contribution in [3.05, 3.63) is 146 Å². The summed E-state index contributed by atoms with van der Waals surface area (Å²) in [5.74, 6) is -1.13. The van der Waals surface area contributed by atoms with E-state index in [-0.39, 0.29) is 38.0 Å². The van der Waals surface area contributed by atoms with E-state index in [2.05, 4.69) is 142 Å². The predicted octanol–water partition coefficient (Wildman–Crippen LogP) is 16.9. The molecular weight excluding hydrogens is 805 g/mol. The number of hydrogen-bond acceptors (Lipinski definition) is 6. The Morgan fingerprint density at radius 3 is 0.938 bits per heavy atom. The van der Waals surface area contributed by atoms with Crippen LogP contribution >= 0.6 is 0 Å². The van der Waals surface area contributed by atoms with Gasteiger partial charge in [0.05, 0.1) is 0 Å². The molecule has 0 aliphatic rings. The molecule has 0 aromatic heterocycles. The van der Waals surface area contributed by atoms with Crippen molar-refractivity contribution >= 4 is 17.9 Å². The van der Waals surface area contributed by atoms with Crippen LogP contribution in [-0.4, -0.2) is 37.2 Å². The van der Waals surface area contributed by atoms with Crippen LogP contribution in [0.3, 0.4) is 0 Å². The molecule has 0 aliphatic heterocycles. The van der Waals surface area contributed by atoms with Crippen molar-refractivity contribution in [3.8, 4) is 0 Å². The summed E-state index contributed by atoms with van der Waals surface area (Å²) in [6.45, 7) is 6.23. The fourth-order valence-corrected chi connectivity index (χ4v) is 6.14. The molecule has 0 saturated carbocycles. The first-order chi connectivity index (χ1) is 32.0. The van der Waals surface area contributed by atoms with Crippen LogP contribution in [0.25, 0.3) is 0 Å². The maximum Gasteiger partial charge on any atom is 0.306 e. The highest BCUT2D eigenvalue weighted by atomic mass is 16.6. The van der Waals surface area contributed by atoms with Crippen LogP contribution in [0.5, 0.6) is 0 Å². The van der Waals surface area contributed by atoms with Gasteiger partial charge in [0.1, 0.15) is 13.2 Å². The molecule has 0 bridgehead atoms. The lowest BCUT2D eigenvalue weighted by Crippen LogP contribution is -2.30. The zero-order chi connectivity index (χ0) is 47.2. The minimum absolute atomic E-state index is 0.137. The molecule has 1 unspecified atom stereocenters. The van der Waals surface area contributed by atoms with E-state index in [9.17, 15) is 14.4 Å². The zero-order valence-electron chi connectivity index (χ0n) is 41.2. The van der Waals surface area contributed by atoms with Crippen molar-refractivity contribution in [1.82, 2.24) is 0 Å². The summed E-state index contributed by atoms with van der Waals surface area (Å²) in [5.41, 5.74) is 0. The fourth-order valence-electron chi connectivity index (χ4n) is 6.14. The van der Waals surface area contributed by atoms with Crippen molar-refractivity contribution in [2.45, 2.75) is 194 Å². The van der Waals surface area contributed by atoms with Gasteiger partial charge in [-0.2, -0.15) is 0 Å². The zero-order valence-corrected chi connectivity index (χ0v) is 41.2. The second-order valence-electron chi connectivity index (χ2n) is 16.0. The number of allylic oxidation sites excluding steroid dienone is 24. The van der Waals surface area contributed by atoms with E-state index in [1.807, 2.05) is 24.3 Å². The van der Waals surface area contributed by atoms with Crippen LogP contribution < -0.4 is 0 Å². The summed E-state index contributed by atoms with van der Waals surface area (Å²) >= 11 is 0. The van der Waals surface area contributed by atoms with E-state index < -0.39 is 12.1 Å². The Labute approximate surface area is 397 Å². The summed E-state index contributed by atoms with van der Waals surface area (Å²) in [7, 11) is 0. The lowest BCUT2D eigenvalue weighted by atomic mass is 10.1. The van der Waals surface area contributed by atoms with Crippen molar-refractivity contribution in [2.24, 2.45) is 0 Å². The Bertz CT molecular complexity index is 1490. The van der Waals surface area contributed by atoms with Crippen LogP contribution in [0.1, 0.15) is 188 Å². The number of unbranched alkanes of at least 4 members (excludes halogenated alkanes) is 8. The average Bonchev–Trinajstić information content (AvgIpc) is 3.30. The lowest BCUT2D eigenvalue weighted by Gasteiger charge is -2.18. The highest BCUT2D eigenvalue weighted by molar-refractivity contribution is 5.71. The molecule has 0 radical (unpaired) electrons. The van der Waals surface area contributed by atoms with Crippen LogP contribution in [-0.2, 0) is 28.6 Å². The molecule has 0 amide bonds. The number of rotatable bonds is 43. The van der Waals surface area contributed by atoms with E-state index in [1.54, 1.807) is 0 Å². The summed E-state index contributed by atoms with van der Waals surface area (Å²) in [5, 5.41) is 0. The maximum atomic E-state index is 12.7. The van der Waals surface area contributed by atoms with Crippen LogP contribution in [0, 0.1) is 0 Å². The standard InChI is InChI=1S/C59H90O6/c1-4-7-10-13-16-19-21-23-25-27-29-31-33-35-37-40-43-46-49-52-58(61)64-55-56(54-63-57(60)51-48-45-42-39-18-15-12-9-6-3)65-59(62)53-50-47-44-41-38-36-34-32-30-28-26-24-22-20-17-14-11-8-5-2/h7-8,10-11,16-17,19-20,23-26,29-32,35-38,43-44,46-47,56H,4-6,9,12-15,18,21-22,27-28,33-34,39-42,45,48-55H2,1-3H3/b10-7-,11-8-,19-16-,20-17-,25-23-,26-24-,31-29-,32-30-,37-35-,38-36-,46-43-,47-44-. The first-order valence-electron chi connectivity index (χ1n) is 25.3. The summed E-state index contributed by atoms with van der Waals surface area (Å²) in [4.78, 5) is 37.8. The van der Waals surface area contributed by atoms with E-state index in [4.69, 9.17) is 14.2 Å². The Morgan fingerprint density at radius 2 is 0.600 bits per heavy atom. The molecule has 362 valence electrons. The van der Waals surface area contributed by atoms with Gasteiger partial charge < -0.3 is 14.2 Å². The molecule has 0 heterocycles. The molecule has 0 aromatic rings. The summed E-state index contributed by atoms with van der Waals surface area (Å²) in [6.07, 6.45) is 74.3. The quantitative estimate of drug-likeness (QED) is 0.0263. The minimum atomic E-state index is -0.852. The predicted molar refractivity (Wildman–Crippen MR) is 279 cm³/mol. The molecular formula is C59H90O6. The number of ether oxygens (including phenoxy) is 3. The van der Waals surface area contributed by atoms with Crippen molar-refractivity contribution in [1.29, 1.82) is 0 Å². The van der Waals surface area contributed by atoms with E-state index >= 15 is 0 Å². The molecule has 0 N–H and O–H groups in total. The summed E-state index contributed by atoms with van der Waals surface area (Å²) in [6, 6.07) is 0. The lowest BCUT2D eigenvalue weighted by molar-refractivity contribution is -0.166. The molecule has 0 spiro atoms. The molecule has 65 heavy (non-hydrogen) atoms. The second-order valence-corrected chi connectivity index (χ2v) is 16.0. The molecule has 0 saturated heterocycles. The second kappa shape index (κ2) is 51.9. The molecule has 0 aliphatic carbocycles. The molecule has 0 rings (SSSR count). The van der Waals surface area contributed by atoms with Gasteiger partial charge in [0, 0.05) is 19.3 Å². The van der Waals surface area contributed by atoms with Crippen molar-refractivity contribution in [3.63, 3.8) is 0 Å². The molecule has 0 fully saturated rings. The third-order valence-electron chi connectivity index (χ3n) is 9.87. The molecule has 6 heteroatoms. The smallest absolute Gasteiger partial charge is 0.306 e. The van der Waals surface area contributed by atoms with Gasteiger partial charge in [0.15, 0.2) is 6.10 Å². The average molecular weight is 895 g/mol. The van der Waals surface area contributed by atoms with Crippen molar-refractivity contribution in [2.75, 3.05) is 13.2 Å². The fraction of sp³-hybridized carbons (Fsp3) is 0.542. The number of esters is 3. The van der Waals surface area contributed by atoms with Gasteiger partial charge in [0.25, 0.3) is 0 Å². The number of carbonyl (C=O) groups is 3. The van der Waals surface area contributed by atoms with Crippen LogP contribution in [0.2, 0.25) is 0 Å². The molecule has 0 aromatic carbocycles. The van der Waals surface area contributed by atoms with Gasteiger partial charge in [-0.1, -0.05) is 218 Å². The minimum Gasteiger partial charge on any atom is -0.462 e. The Kier molecular flexibility index (Phi) is 48.2. The third kappa shape index (κ3) is 50.2. The van der Waals surface area contributed by atoms with Gasteiger partial charge >= 0.3 is 17.9 Å². The summed E-state index contributed by atoms with van der Waals surface area (Å²) < 4.78 is 16.6. The van der Waals surface area contributed by atoms with Gasteiger partial charge in [-0.05, 0) is 96.3 Å². The van der Waals surface area contributed by atoms with Gasteiger partial charge in [0.2, 0.25) is 0 Å². The normalized spacial score (nSPS) is 13.3. The van der Waals surface area contributed by atoms with E-state index in [0.29, 0.717) is 19.3 Å². The maximum absolute atomic E-state index is 12.7.